The number of amides is 2. The van der Waals surface area contributed by atoms with Gasteiger partial charge in [0.2, 0.25) is 5.91 Å². The van der Waals surface area contributed by atoms with Crippen LogP contribution in [0, 0.1) is 0 Å². The standard InChI is InChI=1S/C19H16ClF3N2O2/c20-14-7-3-12(4-8-14)18(27)25-11-1-2-16(25)17(26)24-15-9-5-13(6-10-15)19(21,22)23/h3-10,16H,1-2,11H2,(H,24,26). The smallest absolute Gasteiger partial charge is 0.327 e. The van der Waals surface area contributed by atoms with Crippen molar-refractivity contribution >= 4 is 29.1 Å². The lowest BCUT2D eigenvalue weighted by molar-refractivity contribution is -0.137. The van der Waals surface area contributed by atoms with E-state index in [-0.39, 0.29) is 11.6 Å². The molecule has 1 fully saturated rings. The molecule has 3 rings (SSSR count). The van der Waals surface area contributed by atoms with Gasteiger partial charge < -0.3 is 10.2 Å². The molecule has 1 heterocycles. The molecular weight excluding hydrogens is 381 g/mol. The van der Waals surface area contributed by atoms with E-state index >= 15 is 0 Å². The zero-order valence-corrected chi connectivity index (χ0v) is 14.8. The molecule has 0 spiro atoms. The van der Waals surface area contributed by atoms with Crippen LogP contribution >= 0.6 is 11.6 Å². The highest BCUT2D eigenvalue weighted by molar-refractivity contribution is 6.30. The third kappa shape index (κ3) is 4.42. The van der Waals surface area contributed by atoms with Crippen LogP contribution < -0.4 is 5.32 Å². The Balaban J connectivity index is 1.70. The van der Waals surface area contributed by atoms with Crippen LogP contribution in [0.1, 0.15) is 28.8 Å². The average molecular weight is 397 g/mol. The Morgan fingerprint density at radius 1 is 1.04 bits per heavy atom. The maximum atomic E-state index is 12.7. The van der Waals surface area contributed by atoms with Crippen molar-refractivity contribution in [3.63, 3.8) is 0 Å². The topological polar surface area (TPSA) is 49.4 Å². The van der Waals surface area contributed by atoms with Gasteiger partial charge >= 0.3 is 6.18 Å². The third-order valence-corrected chi connectivity index (χ3v) is 4.64. The Kier molecular flexibility index (Phi) is 5.41. The minimum atomic E-state index is -4.43. The summed E-state index contributed by atoms with van der Waals surface area (Å²) in [6, 6.07) is 9.91. The highest BCUT2D eigenvalue weighted by atomic mass is 35.5. The lowest BCUT2D eigenvalue weighted by atomic mass is 10.1. The summed E-state index contributed by atoms with van der Waals surface area (Å²) < 4.78 is 37.8. The molecule has 0 aliphatic carbocycles. The monoisotopic (exact) mass is 396 g/mol. The van der Waals surface area contributed by atoms with Gasteiger partial charge in [0.05, 0.1) is 5.56 Å². The van der Waals surface area contributed by atoms with Crippen LogP contribution in [-0.2, 0) is 11.0 Å². The van der Waals surface area contributed by atoms with Crippen molar-refractivity contribution in [2.45, 2.75) is 25.1 Å². The van der Waals surface area contributed by atoms with Crippen molar-refractivity contribution in [2.24, 2.45) is 0 Å². The Morgan fingerprint density at radius 2 is 1.67 bits per heavy atom. The molecule has 0 radical (unpaired) electrons. The van der Waals surface area contributed by atoms with Crippen LogP contribution in [0.25, 0.3) is 0 Å². The zero-order chi connectivity index (χ0) is 19.6. The van der Waals surface area contributed by atoms with Crippen LogP contribution in [0.15, 0.2) is 48.5 Å². The number of anilines is 1. The highest BCUT2D eigenvalue weighted by Crippen LogP contribution is 2.30. The van der Waals surface area contributed by atoms with Crippen molar-refractivity contribution in [3.8, 4) is 0 Å². The lowest BCUT2D eigenvalue weighted by Crippen LogP contribution is -2.43. The lowest BCUT2D eigenvalue weighted by Gasteiger charge is -2.24. The summed E-state index contributed by atoms with van der Waals surface area (Å²) in [6.07, 6.45) is -3.27. The van der Waals surface area contributed by atoms with Crippen LogP contribution in [0.2, 0.25) is 5.02 Å². The molecular formula is C19H16ClF3N2O2. The molecule has 2 aromatic rings. The van der Waals surface area contributed by atoms with Gasteiger partial charge in [0.25, 0.3) is 5.91 Å². The molecule has 0 bridgehead atoms. The van der Waals surface area contributed by atoms with Crippen molar-refractivity contribution in [2.75, 3.05) is 11.9 Å². The van der Waals surface area contributed by atoms with Crippen molar-refractivity contribution in [1.29, 1.82) is 0 Å². The van der Waals surface area contributed by atoms with Gasteiger partial charge in [-0.15, -0.1) is 0 Å². The molecule has 1 atom stereocenters. The number of rotatable bonds is 3. The quantitative estimate of drug-likeness (QED) is 0.824. The third-order valence-electron chi connectivity index (χ3n) is 4.39. The van der Waals surface area contributed by atoms with Crippen LogP contribution in [-0.4, -0.2) is 29.3 Å². The van der Waals surface area contributed by atoms with Gasteiger partial charge in [-0.1, -0.05) is 11.6 Å². The number of carbonyl (C=O) groups is 2. The molecule has 8 heteroatoms. The summed E-state index contributed by atoms with van der Waals surface area (Å²) in [5.74, 6) is -0.702. The van der Waals surface area contributed by atoms with E-state index in [4.69, 9.17) is 11.6 Å². The van der Waals surface area contributed by atoms with Crippen LogP contribution in [0.5, 0.6) is 0 Å². The fourth-order valence-electron chi connectivity index (χ4n) is 3.01. The second-order valence-corrected chi connectivity index (χ2v) is 6.66. The zero-order valence-electron chi connectivity index (χ0n) is 14.1. The Morgan fingerprint density at radius 3 is 2.26 bits per heavy atom. The Labute approximate surface area is 158 Å². The summed E-state index contributed by atoms with van der Waals surface area (Å²) in [4.78, 5) is 26.7. The number of hydrogen-bond donors (Lipinski definition) is 1. The van der Waals surface area contributed by atoms with Gasteiger partial charge in [0.1, 0.15) is 6.04 Å². The predicted molar refractivity (Wildman–Crippen MR) is 95.6 cm³/mol. The maximum absolute atomic E-state index is 12.7. The van der Waals surface area contributed by atoms with Gasteiger partial charge in [-0.25, -0.2) is 0 Å². The van der Waals surface area contributed by atoms with E-state index in [2.05, 4.69) is 5.32 Å². The van der Waals surface area contributed by atoms with E-state index in [0.29, 0.717) is 30.0 Å². The average Bonchev–Trinajstić information content (AvgIpc) is 3.11. The molecule has 1 unspecified atom stereocenters. The van der Waals surface area contributed by atoms with Gasteiger partial charge in [0, 0.05) is 22.8 Å². The second kappa shape index (κ2) is 7.60. The molecule has 1 saturated heterocycles. The summed E-state index contributed by atoms with van der Waals surface area (Å²) >= 11 is 5.83. The van der Waals surface area contributed by atoms with E-state index < -0.39 is 23.7 Å². The fourth-order valence-corrected chi connectivity index (χ4v) is 3.13. The first-order valence-electron chi connectivity index (χ1n) is 8.30. The number of carbonyl (C=O) groups excluding carboxylic acids is 2. The molecule has 4 nitrogen and oxygen atoms in total. The Hall–Kier alpha value is -2.54. The van der Waals surface area contributed by atoms with Crippen molar-refractivity contribution in [3.05, 3.63) is 64.7 Å². The number of nitrogens with zero attached hydrogens (tertiary/aromatic N) is 1. The Bertz CT molecular complexity index is 836. The normalized spacial score (nSPS) is 17.0. The minimum Gasteiger partial charge on any atom is -0.327 e. The second-order valence-electron chi connectivity index (χ2n) is 6.23. The number of halogens is 4. The van der Waals surface area contributed by atoms with Gasteiger partial charge in [-0.05, 0) is 61.4 Å². The first-order chi connectivity index (χ1) is 12.8. The predicted octanol–water partition coefficient (Wildman–Crippen LogP) is 4.60. The number of nitrogens with one attached hydrogen (secondary N) is 1. The first-order valence-corrected chi connectivity index (χ1v) is 8.68. The summed E-state index contributed by atoms with van der Waals surface area (Å²) in [7, 11) is 0. The molecule has 1 N–H and O–H groups in total. The molecule has 1 aliphatic rings. The molecule has 2 aromatic carbocycles. The molecule has 2 amide bonds. The van der Waals surface area contributed by atoms with E-state index in [9.17, 15) is 22.8 Å². The number of likely N-dealkylation sites (tertiary alicyclic amines) is 1. The molecule has 1 aliphatic heterocycles. The van der Waals surface area contributed by atoms with Crippen molar-refractivity contribution < 1.29 is 22.8 Å². The summed E-state index contributed by atoms with van der Waals surface area (Å²) in [6.45, 7) is 0.437. The SMILES string of the molecule is O=C(Nc1ccc(C(F)(F)F)cc1)C1CCCN1C(=O)c1ccc(Cl)cc1. The largest absolute Gasteiger partial charge is 0.416 e. The number of hydrogen-bond acceptors (Lipinski definition) is 2. The molecule has 0 saturated carbocycles. The van der Waals surface area contributed by atoms with E-state index in [1.807, 2.05) is 0 Å². The van der Waals surface area contributed by atoms with Crippen LogP contribution in [0.3, 0.4) is 0 Å². The first kappa shape index (κ1) is 19.2. The van der Waals surface area contributed by atoms with E-state index in [1.165, 1.54) is 17.0 Å². The maximum Gasteiger partial charge on any atom is 0.416 e. The summed E-state index contributed by atoms with van der Waals surface area (Å²) in [5, 5.41) is 3.09. The molecule has 0 aromatic heterocycles. The van der Waals surface area contributed by atoms with Crippen molar-refractivity contribution in [1.82, 2.24) is 4.90 Å². The number of benzene rings is 2. The fraction of sp³-hybridized carbons (Fsp3) is 0.263. The minimum absolute atomic E-state index is 0.249. The van der Waals surface area contributed by atoms with Crippen LogP contribution in [0.4, 0.5) is 18.9 Å². The van der Waals surface area contributed by atoms with E-state index in [1.54, 1.807) is 24.3 Å². The van der Waals surface area contributed by atoms with Gasteiger partial charge in [-0.3, -0.25) is 9.59 Å². The summed E-state index contributed by atoms with van der Waals surface area (Å²) in [5.41, 5.74) is -0.117. The van der Waals surface area contributed by atoms with E-state index in [0.717, 1.165) is 12.1 Å². The van der Waals surface area contributed by atoms with Gasteiger partial charge in [0.15, 0.2) is 0 Å². The number of alkyl halides is 3. The molecule has 27 heavy (non-hydrogen) atoms. The highest BCUT2D eigenvalue weighted by Gasteiger charge is 2.35. The van der Waals surface area contributed by atoms with Gasteiger partial charge in [-0.2, -0.15) is 13.2 Å². The molecule has 142 valence electrons.